The summed E-state index contributed by atoms with van der Waals surface area (Å²) in [5, 5.41) is 5.17. The molecule has 0 aliphatic heterocycles. The number of nitrogens with one attached hydrogen (secondary N) is 2. The van der Waals surface area contributed by atoms with Crippen LogP contribution in [0.1, 0.15) is 26.3 Å². The van der Waals surface area contributed by atoms with E-state index in [1.54, 1.807) is 0 Å². The van der Waals surface area contributed by atoms with Gasteiger partial charge in [-0.25, -0.2) is 13.6 Å². The van der Waals surface area contributed by atoms with E-state index in [4.69, 9.17) is 0 Å². The van der Waals surface area contributed by atoms with Crippen molar-refractivity contribution in [2.24, 2.45) is 0 Å². The van der Waals surface area contributed by atoms with Crippen LogP contribution >= 0.6 is 0 Å². The molecule has 0 bridgehead atoms. The van der Waals surface area contributed by atoms with Crippen LogP contribution in [0, 0.1) is 11.6 Å². The Morgan fingerprint density at radius 1 is 1.18 bits per heavy atom. The summed E-state index contributed by atoms with van der Waals surface area (Å²) < 4.78 is 37.6. The standard InChI is InChI=1S/C15H22F2N2O2S/c1-15(2,3)22(21)9-8-19-14(20)18-7-6-11-4-5-12(16)10-13(11)17/h4-5,10H,6-9H2,1-3H3,(H2,18,19,20)/t22-/m1/s1. The lowest BCUT2D eigenvalue weighted by Crippen LogP contribution is -2.39. The monoisotopic (exact) mass is 332 g/mol. The molecule has 124 valence electrons. The Bertz CT molecular complexity index is 545. The van der Waals surface area contributed by atoms with Crippen molar-refractivity contribution in [3.8, 4) is 0 Å². The van der Waals surface area contributed by atoms with Crippen LogP contribution in [0.15, 0.2) is 18.2 Å². The van der Waals surface area contributed by atoms with E-state index in [9.17, 15) is 17.8 Å². The van der Waals surface area contributed by atoms with Crippen LogP contribution in [-0.4, -0.2) is 33.8 Å². The molecule has 0 aromatic heterocycles. The molecule has 2 N–H and O–H groups in total. The summed E-state index contributed by atoms with van der Waals surface area (Å²) in [4.78, 5) is 11.5. The van der Waals surface area contributed by atoms with E-state index in [1.165, 1.54) is 12.1 Å². The Hall–Kier alpha value is -1.50. The summed E-state index contributed by atoms with van der Waals surface area (Å²) in [5.74, 6) is -0.870. The van der Waals surface area contributed by atoms with Gasteiger partial charge in [-0.3, -0.25) is 4.21 Å². The van der Waals surface area contributed by atoms with E-state index in [0.717, 1.165) is 6.07 Å². The topological polar surface area (TPSA) is 58.2 Å². The Kier molecular flexibility index (Phi) is 6.93. The van der Waals surface area contributed by atoms with Gasteiger partial charge in [0.05, 0.1) is 0 Å². The Morgan fingerprint density at radius 3 is 2.41 bits per heavy atom. The lowest BCUT2D eigenvalue weighted by Gasteiger charge is -2.17. The van der Waals surface area contributed by atoms with Crippen molar-refractivity contribution < 1.29 is 17.8 Å². The van der Waals surface area contributed by atoms with Crippen LogP contribution in [0.4, 0.5) is 13.6 Å². The molecule has 0 unspecified atom stereocenters. The Morgan fingerprint density at radius 2 is 1.82 bits per heavy atom. The quantitative estimate of drug-likeness (QED) is 0.840. The molecule has 0 spiro atoms. The number of halogens is 2. The van der Waals surface area contributed by atoms with E-state index in [0.29, 0.717) is 17.9 Å². The van der Waals surface area contributed by atoms with E-state index in [1.807, 2.05) is 20.8 Å². The van der Waals surface area contributed by atoms with E-state index < -0.39 is 28.5 Å². The summed E-state index contributed by atoms with van der Waals surface area (Å²) >= 11 is 0. The first-order valence-corrected chi connectivity index (χ1v) is 8.36. The van der Waals surface area contributed by atoms with E-state index in [-0.39, 0.29) is 17.7 Å². The zero-order valence-electron chi connectivity index (χ0n) is 13.0. The van der Waals surface area contributed by atoms with Crippen LogP contribution in [-0.2, 0) is 17.2 Å². The minimum atomic E-state index is -1.02. The maximum absolute atomic E-state index is 13.4. The molecule has 1 aromatic rings. The molecule has 1 rings (SSSR count). The van der Waals surface area contributed by atoms with Gasteiger partial charge in [-0.15, -0.1) is 0 Å². The summed E-state index contributed by atoms with van der Waals surface area (Å²) in [7, 11) is -1.02. The molecule has 0 aliphatic rings. The first kappa shape index (κ1) is 18.5. The maximum Gasteiger partial charge on any atom is 0.314 e. The van der Waals surface area contributed by atoms with Crippen molar-refractivity contribution in [3.63, 3.8) is 0 Å². The Labute approximate surface area is 132 Å². The number of carbonyl (C=O) groups excluding carboxylic acids is 1. The summed E-state index contributed by atoms with van der Waals surface area (Å²) in [5.41, 5.74) is 0.343. The van der Waals surface area contributed by atoms with Crippen LogP contribution in [0.25, 0.3) is 0 Å². The van der Waals surface area contributed by atoms with Crippen molar-refractivity contribution in [2.45, 2.75) is 31.9 Å². The SMILES string of the molecule is CC(C)(C)[S@](=O)CCNC(=O)NCCc1ccc(F)cc1F. The van der Waals surface area contributed by atoms with Crippen molar-refractivity contribution in [3.05, 3.63) is 35.4 Å². The van der Waals surface area contributed by atoms with Gasteiger partial charge in [-0.1, -0.05) is 6.07 Å². The average Bonchev–Trinajstić information content (AvgIpc) is 2.40. The first-order valence-electron chi connectivity index (χ1n) is 7.04. The van der Waals surface area contributed by atoms with Crippen LogP contribution < -0.4 is 10.6 Å². The zero-order valence-corrected chi connectivity index (χ0v) is 13.9. The number of urea groups is 1. The zero-order chi connectivity index (χ0) is 16.8. The van der Waals surface area contributed by atoms with Gasteiger partial charge in [0.15, 0.2) is 0 Å². The predicted octanol–water partition coefficient (Wildman–Crippen LogP) is 2.35. The Balaban J connectivity index is 2.25. The molecule has 0 saturated heterocycles. The first-order chi connectivity index (χ1) is 10.2. The molecule has 1 atom stereocenters. The second kappa shape index (κ2) is 8.22. The molecule has 4 nitrogen and oxygen atoms in total. The van der Waals surface area contributed by atoms with E-state index >= 15 is 0 Å². The summed E-state index contributed by atoms with van der Waals surface area (Å²) in [6, 6.07) is 2.96. The molecular weight excluding hydrogens is 310 g/mol. The predicted molar refractivity (Wildman–Crippen MR) is 84.2 cm³/mol. The van der Waals surface area contributed by atoms with Gasteiger partial charge in [0, 0.05) is 40.5 Å². The normalized spacial score (nSPS) is 12.8. The van der Waals surface area contributed by atoms with Crippen molar-refractivity contribution >= 4 is 16.8 Å². The van der Waals surface area contributed by atoms with Gasteiger partial charge in [-0.05, 0) is 38.8 Å². The largest absolute Gasteiger partial charge is 0.338 e. The molecule has 0 radical (unpaired) electrons. The number of amides is 2. The van der Waals surface area contributed by atoms with Crippen molar-refractivity contribution in [2.75, 3.05) is 18.8 Å². The minimum absolute atomic E-state index is 0.233. The summed E-state index contributed by atoms with van der Waals surface area (Å²) in [6.07, 6.45) is 0.271. The lowest BCUT2D eigenvalue weighted by atomic mass is 10.1. The van der Waals surface area contributed by atoms with Gasteiger partial charge >= 0.3 is 6.03 Å². The van der Waals surface area contributed by atoms with E-state index in [2.05, 4.69) is 10.6 Å². The van der Waals surface area contributed by atoms with Crippen LogP contribution in [0.5, 0.6) is 0 Å². The minimum Gasteiger partial charge on any atom is -0.338 e. The number of hydrogen-bond donors (Lipinski definition) is 2. The third kappa shape index (κ3) is 6.51. The van der Waals surface area contributed by atoms with Gasteiger partial charge in [-0.2, -0.15) is 0 Å². The average molecular weight is 332 g/mol. The molecule has 0 aliphatic carbocycles. The fraction of sp³-hybridized carbons (Fsp3) is 0.533. The molecule has 0 heterocycles. The third-order valence-electron chi connectivity index (χ3n) is 2.95. The molecule has 0 fully saturated rings. The highest BCUT2D eigenvalue weighted by molar-refractivity contribution is 7.86. The number of hydrogen-bond acceptors (Lipinski definition) is 2. The highest BCUT2D eigenvalue weighted by Crippen LogP contribution is 2.10. The fourth-order valence-corrected chi connectivity index (χ4v) is 2.56. The van der Waals surface area contributed by atoms with Crippen molar-refractivity contribution in [1.82, 2.24) is 10.6 Å². The molecule has 0 saturated carbocycles. The third-order valence-corrected chi connectivity index (χ3v) is 4.89. The van der Waals surface area contributed by atoms with Crippen LogP contribution in [0.3, 0.4) is 0 Å². The van der Waals surface area contributed by atoms with Crippen molar-refractivity contribution in [1.29, 1.82) is 0 Å². The van der Waals surface area contributed by atoms with Gasteiger partial charge in [0.2, 0.25) is 0 Å². The van der Waals surface area contributed by atoms with Crippen LogP contribution in [0.2, 0.25) is 0 Å². The molecule has 22 heavy (non-hydrogen) atoms. The number of rotatable bonds is 6. The highest BCUT2D eigenvalue weighted by atomic mass is 32.2. The molecule has 1 aromatic carbocycles. The maximum atomic E-state index is 13.4. The fourth-order valence-electron chi connectivity index (χ4n) is 1.66. The molecular formula is C15H22F2N2O2S. The number of carbonyl (C=O) groups is 1. The highest BCUT2D eigenvalue weighted by Gasteiger charge is 2.18. The molecule has 7 heteroatoms. The summed E-state index contributed by atoms with van der Waals surface area (Å²) in [6.45, 7) is 6.17. The number of benzene rings is 1. The second-order valence-corrected chi connectivity index (χ2v) is 8.15. The smallest absolute Gasteiger partial charge is 0.314 e. The van der Waals surface area contributed by atoms with Gasteiger partial charge in [0.25, 0.3) is 0 Å². The van der Waals surface area contributed by atoms with Gasteiger partial charge in [0.1, 0.15) is 11.6 Å². The molecule has 2 amide bonds. The second-order valence-electron chi connectivity index (χ2n) is 5.83. The van der Waals surface area contributed by atoms with Gasteiger partial charge < -0.3 is 10.6 Å². The lowest BCUT2D eigenvalue weighted by molar-refractivity contribution is 0.241.